The van der Waals surface area contributed by atoms with Crippen molar-refractivity contribution in [3.05, 3.63) is 0 Å². The Hall–Kier alpha value is -1.30. The summed E-state index contributed by atoms with van der Waals surface area (Å²) in [4.78, 5) is 24.1. The Kier molecular flexibility index (Phi) is 7.29. The van der Waals surface area contributed by atoms with E-state index in [1.165, 1.54) is 7.11 Å². The third-order valence-corrected chi connectivity index (χ3v) is 2.35. The smallest absolute Gasteiger partial charge is 0.334 e. The number of aliphatic carboxylic acids is 1. The number of amides is 2. The number of carboxylic acids is 1. The minimum Gasteiger partial charge on any atom is -0.479 e. The highest BCUT2D eigenvalue weighted by Gasteiger charge is 2.20. The first kappa shape index (κ1) is 15.7. The van der Waals surface area contributed by atoms with E-state index >= 15 is 0 Å². The summed E-state index contributed by atoms with van der Waals surface area (Å²) in [5.74, 6) is -1.08. The Morgan fingerprint density at radius 3 is 2.35 bits per heavy atom. The Morgan fingerprint density at radius 2 is 2.00 bits per heavy atom. The summed E-state index contributed by atoms with van der Waals surface area (Å²) in [5, 5.41) is 11.3. The largest absolute Gasteiger partial charge is 0.479 e. The van der Waals surface area contributed by atoms with E-state index in [9.17, 15) is 9.59 Å². The fourth-order valence-corrected chi connectivity index (χ4v) is 1.39. The van der Waals surface area contributed by atoms with Crippen LogP contribution in [-0.4, -0.2) is 54.4 Å². The van der Waals surface area contributed by atoms with Gasteiger partial charge in [0, 0.05) is 19.7 Å². The van der Waals surface area contributed by atoms with Crippen LogP contribution in [0.5, 0.6) is 0 Å². The Morgan fingerprint density at radius 1 is 1.41 bits per heavy atom. The average Bonchev–Trinajstić information content (AvgIpc) is 2.25. The van der Waals surface area contributed by atoms with Crippen molar-refractivity contribution in [1.82, 2.24) is 10.2 Å². The summed E-state index contributed by atoms with van der Waals surface area (Å²) in [6, 6.07) is -0.175. The molecule has 17 heavy (non-hydrogen) atoms. The van der Waals surface area contributed by atoms with Crippen molar-refractivity contribution in [3.63, 3.8) is 0 Å². The molecule has 2 amide bonds. The zero-order chi connectivity index (χ0) is 13.4. The predicted octanol–water partition coefficient (Wildman–Crippen LogP) is 0.916. The highest BCUT2D eigenvalue weighted by Crippen LogP contribution is 2.00. The minimum absolute atomic E-state index is 0.0302. The van der Waals surface area contributed by atoms with Crippen molar-refractivity contribution >= 4 is 12.0 Å². The molecule has 1 atom stereocenters. The van der Waals surface area contributed by atoms with Gasteiger partial charge in [-0.2, -0.15) is 0 Å². The van der Waals surface area contributed by atoms with Crippen molar-refractivity contribution in [1.29, 1.82) is 0 Å². The summed E-state index contributed by atoms with van der Waals surface area (Å²) < 4.78 is 4.73. The molecule has 0 rings (SSSR count). The quantitative estimate of drug-likeness (QED) is 0.700. The summed E-state index contributed by atoms with van der Waals surface area (Å²) in [7, 11) is 1.30. The lowest BCUT2D eigenvalue weighted by Gasteiger charge is -2.27. The van der Waals surface area contributed by atoms with Crippen LogP contribution < -0.4 is 5.32 Å². The van der Waals surface area contributed by atoms with Crippen LogP contribution in [0.25, 0.3) is 0 Å². The highest BCUT2D eigenvalue weighted by atomic mass is 16.5. The number of hydrogen-bond acceptors (Lipinski definition) is 3. The second-order valence-electron chi connectivity index (χ2n) is 4.04. The van der Waals surface area contributed by atoms with Crippen LogP contribution in [-0.2, 0) is 9.53 Å². The first-order valence-corrected chi connectivity index (χ1v) is 5.74. The molecule has 1 unspecified atom stereocenters. The molecule has 2 N–H and O–H groups in total. The van der Waals surface area contributed by atoms with Crippen LogP contribution in [0.2, 0.25) is 0 Å². The fraction of sp³-hybridized carbons (Fsp3) is 0.818. The minimum atomic E-state index is -1.08. The zero-order valence-corrected chi connectivity index (χ0v) is 10.9. The lowest BCUT2D eigenvalue weighted by atomic mass is 10.3. The van der Waals surface area contributed by atoms with Gasteiger partial charge in [-0.05, 0) is 20.3 Å². The molecule has 100 valence electrons. The highest BCUT2D eigenvalue weighted by molar-refractivity contribution is 5.77. The van der Waals surface area contributed by atoms with Gasteiger partial charge in [0.25, 0.3) is 0 Å². The third-order valence-electron chi connectivity index (χ3n) is 2.35. The number of rotatable bonds is 7. The van der Waals surface area contributed by atoms with Crippen molar-refractivity contribution in [2.45, 2.75) is 39.3 Å². The standard InChI is InChI=1S/C11H22N2O4/c1-5-6-13(8(2)3)11(16)12-7-9(17-4)10(14)15/h8-9H,5-7H2,1-4H3,(H,12,16)(H,14,15). The molecular formula is C11H22N2O4. The molecule has 0 heterocycles. The van der Waals surface area contributed by atoms with Crippen LogP contribution in [0.15, 0.2) is 0 Å². The van der Waals surface area contributed by atoms with Gasteiger partial charge in [-0.3, -0.25) is 0 Å². The van der Waals surface area contributed by atoms with E-state index < -0.39 is 12.1 Å². The van der Waals surface area contributed by atoms with Gasteiger partial charge in [0.2, 0.25) is 0 Å². The van der Waals surface area contributed by atoms with Crippen LogP contribution in [0.3, 0.4) is 0 Å². The topological polar surface area (TPSA) is 78.9 Å². The maximum absolute atomic E-state index is 11.8. The van der Waals surface area contributed by atoms with Crippen molar-refractivity contribution in [2.24, 2.45) is 0 Å². The molecule has 0 fully saturated rings. The van der Waals surface area contributed by atoms with Crippen LogP contribution >= 0.6 is 0 Å². The second-order valence-corrected chi connectivity index (χ2v) is 4.04. The first-order valence-electron chi connectivity index (χ1n) is 5.74. The molecule has 0 aromatic carbocycles. The Balaban J connectivity index is 4.26. The molecular weight excluding hydrogens is 224 g/mol. The first-order chi connectivity index (χ1) is 7.93. The number of carbonyl (C=O) groups excluding carboxylic acids is 1. The molecule has 0 aliphatic rings. The van der Waals surface area contributed by atoms with Gasteiger partial charge in [-0.1, -0.05) is 6.92 Å². The van der Waals surface area contributed by atoms with Crippen molar-refractivity contribution in [3.8, 4) is 0 Å². The van der Waals surface area contributed by atoms with Crippen LogP contribution in [0.1, 0.15) is 27.2 Å². The molecule has 0 radical (unpaired) electrons. The van der Waals surface area contributed by atoms with E-state index in [1.54, 1.807) is 4.90 Å². The van der Waals surface area contributed by atoms with Gasteiger partial charge < -0.3 is 20.1 Å². The lowest BCUT2D eigenvalue weighted by molar-refractivity contribution is -0.148. The molecule has 0 saturated heterocycles. The SMILES string of the molecule is CCCN(C(=O)NCC(OC)C(=O)O)C(C)C. The van der Waals surface area contributed by atoms with E-state index in [1.807, 2.05) is 20.8 Å². The predicted molar refractivity (Wildman–Crippen MR) is 64.0 cm³/mol. The van der Waals surface area contributed by atoms with Gasteiger partial charge in [0.05, 0.1) is 6.54 Å². The number of methoxy groups -OCH3 is 1. The average molecular weight is 246 g/mol. The van der Waals surface area contributed by atoms with Gasteiger partial charge in [0.1, 0.15) is 0 Å². The molecule has 0 saturated carbocycles. The number of urea groups is 1. The zero-order valence-electron chi connectivity index (χ0n) is 10.9. The Labute approximate surface area is 102 Å². The number of carboxylic acid groups (broad SMARTS) is 1. The summed E-state index contributed by atoms with van der Waals surface area (Å²) >= 11 is 0. The molecule has 0 aromatic rings. The number of ether oxygens (including phenoxy) is 1. The molecule has 0 aliphatic carbocycles. The Bertz CT molecular complexity index is 256. The fourth-order valence-electron chi connectivity index (χ4n) is 1.39. The van der Waals surface area contributed by atoms with E-state index in [0.717, 1.165) is 6.42 Å². The molecule has 6 heteroatoms. The van der Waals surface area contributed by atoms with Gasteiger partial charge in [-0.15, -0.1) is 0 Å². The molecule has 0 bridgehead atoms. The van der Waals surface area contributed by atoms with Crippen LogP contribution in [0, 0.1) is 0 Å². The third kappa shape index (κ3) is 5.53. The summed E-state index contributed by atoms with van der Waals surface area (Å²) in [5.41, 5.74) is 0. The molecule has 0 aromatic heterocycles. The number of nitrogens with one attached hydrogen (secondary N) is 1. The van der Waals surface area contributed by atoms with Gasteiger partial charge in [-0.25, -0.2) is 9.59 Å². The number of carbonyl (C=O) groups is 2. The van der Waals surface area contributed by atoms with Crippen LogP contribution in [0.4, 0.5) is 4.79 Å². The normalized spacial score (nSPS) is 12.3. The van der Waals surface area contributed by atoms with E-state index in [0.29, 0.717) is 6.54 Å². The maximum Gasteiger partial charge on any atom is 0.334 e. The molecule has 0 aliphatic heterocycles. The van der Waals surface area contributed by atoms with E-state index in [-0.39, 0.29) is 18.6 Å². The summed E-state index contributed by atoms with van der Waals surface area (Å²) in [6.45, 7) is 6.43. The van der Waals surface area contributed by atoms with E-state index in [2.05, 4.69) is 5.32 Å². The van der Waals surface area contributed by atoms with Gasteiger partial charge in [0.15, 0.2) is 6.10 Å². The maximum atomic E-state index is 11.8. The molecule has 6 nitrogen and oxygen atoms in total. The summed E-state index contributed by atoms with van der Waals surface area (Å²) in [6.07, 6.45) is -0.146. The monoisotopic (exact) mass is 246 g/mol. The van der Waals surface area contributed by atoms with Crippen molar-refractivity contribution in [2.75, 3.05) is 20.2 Å². The number of hydrogen-bond donors (Lipinski definition) is 2. The lowest BCUT2D eigenvalue weighted by Crippen LogP contribution is -2.47. The van der Waals surface area contributed by atoms with Crippen molar-refractivity contribution < 1.29 is 19.4 Å². The second kappa shape index (κ2) is 7.89. The van der Waals surface area contributed by atoms with Gasteiger partial charge >= 0.3 is 12.0 Å². The number of nitrogens with zero attached hydrogens (tertiary/aromatic N) is 1. The van der Waals surface area contributed by atoms with E-state index in [4.69, 9.17) is 9.84 Å². The molecule has 0 spiro atoms.